The van der Waals surface area contributed by atoms with Gasteiger partial charge in [0.05, 0.1) is 11.8 Å². The molecule has 0 amide bonds. The molecule has 0 radical (unpaired) electrons. The average Bonchev–Trinajstić information content (AvgIpc) is 3.49. The zero-order valence-electron chi connectivity index (χ0n) is 15.5. The lowest BCUT2D eigenvalue weighted by molar-refractivity contribution is 0.569. The maximum Gasteiger partial charge on any atom is 0.200 e. The van der Waals surface area contributed by atoms with Crippen molar-refractivity contribution in [2.24, 2.45) is 0 Å². The Hall–Kier alpha value is -3.79. The molecule has 0 unspecified atom stereocenters. The molecule has 0 aliphatic heterocycles. The Morgan fingerprint density at radius 1 is 1.00 bits per heavy atom. The number of nitrogens with zero attached hydrogens (tertiary/aromatic N) is 7. The van der Waals surface area contributed by atoms with E-state index >= 15 is 0 Å². The van der Waals surface area contributed by atoms with Crippen LogP contribution >= 0.6 is 11.8 Å². The first kappa shape index (κ1) is 18.3. The van der Waals surface area contributed by atoms with Crippen LogP contribution in [0.5, 0.6) is 0 Å². The monoisotopic (exact) mass is 419 g/mol. The van der Waals surface area contributed by atoms with Crippen LogP contribution in [0.2, 0.25) is 0 Å². The highest BCUT2D eigenvalue weighted by Gasteiger charge is 2.18. The van der Waals surface area contributed by atoms with Crippen LogP contribution in [0.3, 0.4) is 0 Å². The van der Waals surface area contributed by atoms with Gasteiger partial charge in [-0.3, -0.25) is 4.57 Å². The molecule has 4 aromatic heterocycles. The smallest absolute Gasteiger partial charge is 0.200 e. The Balaban J connectivity index is 1.54. The molecular formula is C20H14FN7OS. The van der Waals surface area contributed by atoms with Gasteiger partial charge in [-0.25, -0.2) is 4.39 Å². The summed E-state index contributed by atoms with van der Waals surface area (Å²) in [6.45, 7) is 4.31. The van der Waals surface area contributed by atoms with Gasteiger partial charge < -0.3 is 4.42 Å². The Morgan fingerprint density at radius 2 is 1.87 bits per heavy atom. The van der Waals surface area contributed by atoms with Gasteiger partial charge in [0.2, 0.25) is 5.82 Å². The average molecular weight is 419 g/mol. The molecule has 10 heteroatoms. The lowest BCUT2D eigenvalue weighted by atomic mass is 10.2. The molecule has 0 saturated heterocycles. The summed E-state index contributed by atoms with van der Waals surface area (Å²) in [7, 11) is 0. The number of furan rings is 1. The van der Waals surface area contributed by atoms with Crippen molar-refractivity contribution in [2.45, 2.75) is 16.7 Å². The van der Waals surface area contributed by atoms with Crippen LogP contribution in [-0.2, 0) is 6.54 Å². The summed E-state index contributed by atoms with van der Waals surface area (Å²) in [5, 5.41) is 22.5. The number of benzene rings is 1. The third-order valence-corrected chi connectivity index (χ3v) is 5.23. The molecule has 0 saturated carbocycles. The Kier molecular flexibility index (Phi) is 4.60. The van der Waals surface area contributed by atoms with E-state index in [2.05, 4.69) is 32.1 Å². The van der Waals surface area contributed by atoms with Crippen LogP contribution in [0.1, 0.15) is 0 Å². The lowest BCUT2D eigenvalue weighted by Crippen LogP contribution is -2.01. The second-order valence-corrected chi connectivity index (χ2v) is 7.22. The Morgan fingerprint density at radius 3 is 2.67 bits per heavy atom. The van der Waals surface area contributed by atoms with E-state index in [4.69, 9.17) is 4.42 Å². The first-order chi connectivity index (χ1) is 14.7. The normalized spacial score (nSPS) is 11.2. The van der Waals surface area contributed by atoms with E-state index in [0.29, 0.717) is 45.3 Å². The zero-order chi connectivity index (χ0) is 20.5. The molecule has 148 valence electrons. The van der Waals surface area contributed by atoms with Crippen LogP contribution in [0.4, 0.5) is 4.39 Å². The highest BCUT2D eigenvalue weighted by molar-refractivity contribution is 7.99. The van der Waals surface area contributed by atoms with Crippen LogP contribution in [-0.4, -0.2) is 34.6 Å². The molecule has 0 aliphatic carbocycles. The van der Waals surface area contributed by atoms with Crippen molar-refractivity contribution in [3.63, 3.8) is 0 Å². The molecule has 5 aromatic rings. The van der Waals surface area contributed by atoms with Crippen molar-refractivity contribution >= 4 is 17.4 Å². The first-order valence-electron chi connectivity index (χ1n) is 8.98. The summed E-state index contributed by atoms with van der Waals surface area (Å²) in [4.78, 5) is 0. The molecule has 1 aromatic carbocycles. The van der Waals surface area contributed by atoms with Gasteiger partial charge in [0.1, 0.15) is 10.8 Å². The number of allylic oxidation sites excluding steroid dienone is 1. The summed E-state index contributed by atoms with van der Waals surface area (Å²) in [6, 6.07) is 13.6. The van der Waals surface area contributed by atoms with E-state index in [-0.39, 0.29) is 5.82 Å². The summed E-state index contributed by atoms with van der Waals surface area (Å²) >= 11 is 1.32. The fourth-order valence-electron chi connectivity index (χ4n) is 2.98. The van der Waals surface area contributed by atoms with E-state index in [9.17, 15) is 4.39 Å². The van der Waals surface area contributed by atoms with Crippen LogP contribution < -0.4 is 0 Å². The van der Waals surface area contributed by atoms with Crippen LogP contribution in [0.15, 0.2) is 82.0 Å². The molecule has 5 rings (SSSR count). The molecule has 0 bridgehead atoms. The van der Waals surface area contributed by atoms with E-state index in [1.54, 1.807) is 48.7 Å². The Labute approximate surface area is 174 Å². The van der Waals surface area contributed by atoms with E-state index in [1.165, 1.54) is 22.3 Å². The third-order valence-electron chi connectivity index (χ3n) is 4.32. The lowest BCUT2D eigenvalue weighted by Gasteiger charge is -2.06. The highest BCUT2D eigenvalue weighted by atomic mass is 32.2. The van der Waals surface area contributed by atoms with Crippen LogP contribution in [0, 0.1) is 5.82 Å². The predicted molar refractivity (Wildman–Crippen MR) is 108 cm³/mol. The van der Waals surface area contributed by atoms with Gasteiger partial charge >= 0.3 is 0 Å². The van der Waals surface area contributed by atoms with Gasteiger partial charge in [-0.1, -0.05) is 18.2 Å². The molecular weight excluding hydrogens is 405 g/mol. The fourth-order valence-corrected chi connectivity index (χ4v) is 3.77. The minimum Gasteiger partial charge on any atom is -0.461 e. The standard InChI is InChI=1S/C20H14FN7OS/c1-2-11-27-19(15-8-5-12-29-15)24-25-20(27)30-17-10-9-16-22-23-18(28(16)26-17)13-6-3-4-7-14(13)21/h2-10,12H,1,11H2. The first-order valence-corrected chi connectivity index (χ1v) is 9.79. The quantitative estimate of drug-likeness (QED) is 0.383. The SMILES string of the molecule is C=CCn1c(Sc2ccc3nnc(-c4ccccc4F)n3n2)nnc1-c1ccco1. The van der Waals surface area contributed by atoms with Crippen molar-refractivity contribution in [3.8, 4) is 23.0 Å². The molecule has 0 N–H and O–H groups in total. The number of fused-ring (bicyclic) bond motifs is 1. The van der Waals surface area contributed by atoms with Gasteiger partial charge in [0.15, 0.2) is 22.4 Å². The number of rotatable bonds is 6. The molecule has 4 heterocycles. The number of hydrogen-bond acceptors (Lipinski definition) is 7. The van der Waals surface area contributed by atoms with Gasteiger partial charge in [0.25, 0.3) is 0 Å². The van der Waals surface area contributed by atoms with Gasteiger partial charge in [-0.05, 0) is 48.2 Å². The van der Waals surface area contributed by atoms with Crippen LogP contribution in [0.25, 0.3) is 28.6 Å². The summed E-state index contributed by atoms with van der Waals surface area (Å²) in [6.07, 6.45) is 3.34. The molecule has 8 nitrogen and oxygen atoms in total. The van der Waals surface area contributed by atoms with Gasteiger partial charge in [-0.15, -0.1) is 27.0 Å². The molecule has 0 fully saturated rings. The predicted octanol–water partition coefficient (Wildman–Crippen LogP) is 4.12. The molecule has 30 heavy (non-hydrogen) atoms. The number of hydrogen-bond donors (Lipinski definition) is 0. The van der Waals surface area contributed by atoms with Crippen molar-refractivity contribution in [2.75, 3.05) is 0 Å². The fraction of sp³-hybridized carbons (Fsp3) is 0.0500. The van der Waals surface area contributed by atoms with Gasteiger partial charge in [-0.2, -0.15) is 9.61 Å². The largest absolute Gasteiger partial charge is 0.461 e. The maximum atomic E-state index is 14.2. The maximum absolute atomic E-state index is 14.2. The molecule has 0 atom stereocenters. The number of halogens is 1. The Bertz CT molecular complexity index is 1340. The van der Waals surface area contributed by atoms with Crippen molar-refractivity contribution in [1.82, 2.24) is 34.6 Å². The molecule has 0 spiro atoms. The van der Waals surface area contributed by atoms with Crippen molar-refractivity contribution in [3.05, 3.63) is 73.3 Å². The second-order valence-electron chi connectivity index (χ2n) is 6.23. The van der Waals surface area contributed by atoms with Crippen molar-refractivity contribution in [1.29, 1.82) is 0 Å². The van der Waals surface area contributed by atoms with E-state index in [0.717, 1.165) is 0 Å². The number of aromatic nitrogens is 7. The topological polar surface area (TPSA) is 86.9 Å². The van der Waals surface area contributed by atoms with E-state index < -0.39 is 0 Å². The summed E-state index contributed by atoms with van der Waals surface area (Å²) in [5.41, 5.74) is 0.844. The van der Waals surface area contributed by atoms with Gasteiger partial charge in [0, 0.05) is 6.54 Å². The van der Waals surface area contributed by atoms with Crippen molar-refractivity contribution < 1.29 is 8.81 Å². The van der Waals surface area contributed by atoms with E-state index in [1.807, 2.05) is 10.6 Å². The highest BCUT2D eigenvalue weighted by Crippen LogP contribution is 2.29. The summed E-state index contributed by atoms with van der Waals surface area (Å²) < 4.78 is 23.1. The second kappa shape index (κ2) is 7.56. The minimum absolute atomic E-state index is 0.328. The minimum atomic E-state index is -0.388. The summed E-state index contributed by atoms with van der Waals surface area (Å²) in [5.74, 6) is 1.15. The zero-order valence-corrected chi connectivity index (χ0v) is 16.3. The third kappa shape index (κ3) is 3.16. The molecule has 0 aliphatic rings.